The lowest BCUT2D eigenvalue weighted by Crippen LogP contribution is -2.45. The van der Waals surface area contributed by atoms with Crippen LogP contribution in [0.5, 0.6) is 0 Å². The second-order valence-corrected chi connectivity index (χ2v) is 5.66. The molecule has 7 heteroatoms. The molecule has 1 aromatic rings. The Bertz CT molecular complexity index is 475. The van der Waals surface area contributed by atoms with E-state index in [4.69, 9.17) is 10.5 Å². The van der Waals surface area contributed by atoms with Gasteiger partial charge in [-0.3, -0.25) is 4.79 Å². The minimum Gasteiger partial charge on any atom is -0.461 e. The maximum atomic E-state index is 12.3. The molecule has 0 aliphatic heterocycles. The summed E-state index contributed by atoms with van der Waals surface area (Å²) in [6.07, 6.45) is 1.38. The summed E-state index contributed by atoms with van der Waals surface area (Å²) < 4.78 is 4.87. The van der Waals surface area contributed by atoms with Gasteiger partial charge in [-0.15, -0.1) is 11.3 Å². The van der Waals surface area contributed by atoms with Gasteiger partial charge in [0, 0.05) is 11.9 Å². The average Bonchev–Trinajstić information content (AvgIpc) is 2.97. The van der Waals surface area contributed by atoms with E-state index in [2.05, 4.69) is 10.3 Å². The zero-order valence-corrected chi connectivity index (χ0v) is 13.6. The van der Waals surface area contributed by atoms with Gasteiger partial charge in [-0.2, -0.15) is 0 Å². The molecule has 1 aromatic heterocycles. The van der Waals surface area contributed by atoms with Gasteiger partial charge in [0.1, 0.15) is 5.01 Å². The first-order chi connectivity index (χ1) is 10.0. The second kappa shape index (κ2) is 8.09. The van der Waals surface area contributed by atoms with E-state index in [0.717, 1.165) is 0 Å². The monoisotopic (exact) mass is 313 g/mol. The first kappa shape index (κ1) is 17.6. The third-order valence-electron chi connectivity index (χ3n) is 3.66. The molecule has 21 heavy (non-hydrogen) atoms. The van der Waals surface area contributed by atoms with E-state index in [0.29, 0.717) is 37.5 Å². The Balaban J connectivity index is 2.63. The number of carbonyl (C=O) groups excluding carboxylic acids is 2. The number of hydrogen-bond donors (Lipinski definition) is 2. The molecule has 0 saturated carbocycles. The predicted octanol–water partition coefficient (Wildman–Crippen LogP) is 1.70. The summed E-state index contributed by atoms with van der Waals surface area (Å²) in [5.41, 5.74) is 5.49. The van der Waals surface area contributed by atoms with Crippen LogP contribution >= 0.6 is 11.3 Å². The highest BCUT2D eigenvalue weighted by Crippen LogP contribution is 2.25. The summed E-state index contributed by atoms with van der Waals surface area (Å²) in [4.78, 5) is 27.9. The second-order valence-electron chi connectivity index (χ2n) is 4.72. The fourth-order valence-corrected chi connectivity index (χ4v) is 2.69. The predicted molar refractivity (Wildman–Crippen MR) is 82.0 cm³/mol. The van der Waals surface area contributed by atoms with Crippen LogP contribution in [-0.4, -0.2) is 30.0 Å². The summed E-state index contributed by atoms with van der Waals surface area (Å²) in [6, 6.07) is 0. The van der Waals surface area contributed by atoms with Crippen molar-refractivity contribution in [2.75, 3.05) is 13.2 Å². The van der Waals surface area contributed by atoms with E-state index >= 15 is 0 Å². The number of nitrogens with two attached hydrogens (primary N) is 1. The Morgan fingerprint density at radius 3 is 2.57 bits per heavy atom. The molecule has 118 valence electrons. The third-order valence-corrected chi connectivity index (χ3v) is 4.51. The Labute approximate surface area is 129 Å². The van der Waals surface area contributed by atoms with E-state index in [1.165, 1.54) is 11.3 Å². The molecule has 3 N–H and O–H groups in total. The normalized spacial score (nSPS) is 11.2. The zero-order valence-electron chi connectivity index (χ0n) is 12.8. The van der Waals surface area contributed by atoms with Gasteiger partial charge in [0.25, 0.3) is 0 Å². The smallest absolute Gasteiger partial charge is 0.357 e. The number of esters is 1. The maximum Gasteiger partial charge on any atom is 0.357 e. The van der Waals surface area contributed by atoms with Crippen LogP contribution < -0.4 is 11.1 Å². The molecule has 0 aliphatic carbocycles. The molecule has 0 atom stereocenters. The summed E-state index contributed by atoms with van der Waals surface area (Å²) in [5, 5.41) is 5.16. The molecule has 0 aromatic carbocycles. The first-order valence-corrected chi connectivity index (χ1v) is 8.00. The lowest BCUT2D eigenvalue weighted by Gasteiger charge is -2.28. The van der Waals surface area contributed by atoms with Gasteiger partial charge in [0.15, 0.2) is 5.69 Å². The summed E-state index contributed by atoms with van der Waals surface area (Å²) in [6.45, 7) is 6.58. The molecule has 0 spiro atoms. The number of thiazole rings is 1. The van der Waals surface area contributed by atoms with E-state index < -0.39 is 11.4 Å². The molecular formula is C14H23N3O3S. The van der Waals surface area contributed by atoms with Gasteiger partial charge in [-0.1, -0.05) is 13.8 Å². The van der Waals surface area contributed by atoms with Gasteiger partial charge in [-0.05, 0) is 19.8 Å². The third kappa shape index (κ3) is 4.25. The largest absolute Gasteiger partial charge is 0.461 e. The minimum absolute atomic E-state index is 0.0668. The van der Waals surface area contributed by atoms with Gasteiger partial charge in [0.05, 0.1) is 18.6 Å². The van der Waals surface area contributed by atoms with Gasteiger partial charge < -0.3 is 15.8 Å². The van der Waals surface area contributed by atoms with E-state index in [-0.39, 0.29) is 11.6 Å². The van der Waals surface area contributed by atoms with Crippen molar-refractivity contribution < 1.29 is 14.3 Å². The average molecular weight is 313 g/mol. The number of nitrogens with one attached hydrogen (secondary N) is 1. The van der Waals surface area contributed by atoms with Crippen LogP contribution in [0.4, 0.5) is 0 Å². The molecule has 6 nitrogen and oxygen atoms in total. The van der Waals surface area contributed by atoms with Gasteiger partial charge in [0.2, 0.25) is 5.91 Å². The van der Waals surface area contributed by atoms with Crippen LogP contribution in [0.2, 0.25) is 0 Å². The Morgan fingerprint density at radius 1 is 1.38 bits per heavy atom. The van der Waals surface area contributed by atoms with E-state index in [1.54, 1.807) is 12.3 Å². The standard InChI is InChI=1S/C14H23N3O3S/c1-4-14(5-2,9-15)13(19)16-7-11-17-10(8-21-11)12(18)20-6-3/h8H,4-7,9,15H2,1-3H3,(H,16,19). The van der Waals surface area contributed by atoms with Crippen LogP contribution in [0.3, 0.4) is 0 Å². The van der Waals surface area contributed by atoms with Crippen molar-refractivity contribution >= 4 is 23.2 Å². The molecule has 0 aliphatic rings. The molecule has 0 radical (unpaired) electrons. The highest BCUT2D eigenvalue weighted by Gasteiger charge is 2.33. The number of aromatic nitrogens is 1. The number of carbonyl (C=O) groups is 2. The Morgan fingerprint density at radius 2 is 2.05 bits per heavy atom. The van der Waals surface area contributed by atoms with Crippen LogP contribution in [0.1, 0.15) is 49.1 Å². The van der Waals surface area contributed by atoms with Crippen LogP contribution in [0, 0.1) is 5.41 Å². The summed E-state index contributed by atoms with van der Waals surface area (Å²) in [5.74, 6) is -0.507. The molecule has 0 bridgehead atoms. The molecule has 1 amide bonds. The molecule has 0 fully saturated rings. The Hall–Kier alpha value is -1.47. The number of rotatable bonds is 8. The van der Waals surface area contributed by atoms with Crippen LogP contribution in [-0.2, 0) is 16.1 Å². The molecule has 0 unspecified atom stereocenters. The molecule has 1 heterocycles. The van der Waals surface area contributed by atoms with E-state index in [9.17, 15) is 9.59 Å². The van der Waals surface area contributed by atoms with Crippen molar-refractivity contribution in [2.24, 2.45) is 11.1 Å². The van der Waals surface area contributed by atoms with Crippen LogP contribution in [0.25, 0.3) is 0 Å². The highest BCUT2D eigenvalue weighted by atomic mass is 32.1. The van der Waals surface area contributed by atoms with Crippen molar-refractivity contribution in [2.45, 2.75) is 40.2 Å². The molecule has 0 saturated heterocycles. The molecular weight excluding hydrogens is 290 g/mol. The topological polar surface area (TPSA) is 94.3 Å². The van der Waals surface area contributed by atoms with Crippen molar-refractivity contribution in [1.29, 1.82) is 0 Å². The van der Waals surface area contributed by atoms with Gasteiger partial charge in [-0.25, -0.2) is 9.78 Å². The van der Waals surface area contributed by atoms with Crippen LogP contribution in [0.15, 0.2) is 5.38 Å². The maximum absolute atomic E-state index is 12.3. The minimum atomic E-state index is -0.527. The summed E-state index contributed by atoms with van der Waals surface area (Å²) >= 11 is 1.32. The van der Waals surface area contributed by atoms with E-state index in [1.807, 2.05) is 13.8 Å². The van der Waals surface area contributed by atoms with Gasteiger partial charge >= 0.3 is 5.97 Å². The lowest BCUT2D eigenvalue weighted by molar-refractivity contribution is -0.131. The number of hydrogen-bond acceptors (Lipinski definition) is 6. The van der Waals surface area contributed by atoms with Crippen molar-refractivity contribution in [1.82, 2.24) is 10.3 Å². The quantitative estimate of drug-likeness (QED) is 0.712. The number of amides is 1. The number of ether oxygens (including phenoxy) is 1. The lowest BCUT2D eigenvalue weighted by atomic mass is 9.81. The fourth-order valence-electron chi connectivity index (χ4n) is 1.99. The fraction of sp³-hybridized carbons (Fsp3) is 0.643. The summed E-state index contributed by atoms with van der Waals surface area (Å²) in [7, 11) is 0. The zero-order chi connectivity index (χ0) is 15.9. The molecule has 1 rings (SSSR count). The first-order valence-electron chi connectivity index (χ1n) is 7.12. The van der Waals surface area contributed by atoms with Crippen molar-refractivity contribution in [3.8, 4) is 0 Å². The van der Waals surface area contributed by atoms with Crippen molar-refractivity contribution in [3.05, 3.63) is 16.1 Å². The number of nitrogens with zero attached hydrogens (tertiary/aromatic N) is 1. The SMILES string of the molecule is CCOC(=O)c1csc(CNC(=O)C(CC)(CC)CN)n1. The highest BCUT2D eigenvalue weighted by molar-refractivity contribution is 7.09. The van der Waals surface area contributed by atoms with Crippen molar-refractivity contribution in [3.63, 3.8) is 0 Å². The Kier molecular flexibility index (Phi) is 6.77.